The first kappa shape index (κ1) is 18.4. The summed E-state index contributed by atoms with van der Waals surface area (Å²) in [6.07, 6.45) is 1.23. The fourth-order valence-electron chi connectivity index (χ4n) is 2.73. The molecule has 0 bridgehead atoms. The molecule has 0 aliphatic carbocycles. The van der Waals surface area contributed by atoms with Crippen LogP contribution in [0.15, 0.2) is 60.9 Å². The first-order valence-electron chi connectivity index (χ1n) is 8.44. The minimum atomic E-state index is -0.619. The van der Waals surface area contributed by atoms with Crippen LogP contribution in [0, 0.1) is 0 Å². The molecule has 6 heteroatoms. The molecule has 0 N–H and O–H groups in total. The van der Waals surface area contributed by atoms with Gasteiger partial charge in [0.1, 0.15) is 12.1 Å². The third-order valence-corrected chi connectivity index (χ3v) is 4.25. The third kappa shape index (κ3) is 4.06. The van der Waals surface area contributed by atoms with E-state index in [1.807, 2.05) is 42.5 Å². The van der Waals surface area contributed by atoms with Gasteiger partial charge in [-0.05, 0) is 23.3 Å². The quantitative estimate of drug-likeness (QED) is 0.610. The molecular formula is C21H20N2O4. The fraction of sp³-hybridized carbons (Fsp3) is 0.190. The Labute approximate surface area is 157 Å². The summed E-state index contributed by atoms with van der Waals surface area (Å²) in [5.74, 6) is 0.501. The lowest BCUT2D eigenvalue weighted by Gasteiger charge is -2.14. The number of hydrogen-bond donors (Lipinski definition) is 0. The molecule has 1 unspecified atom stereocenters. The molecule has 1 atom stereocenters. The summed E-state index contributed by atoms with van der Waals surface area (Å²) >= 11 is 0. The van der Waals surface area contributed by atoms with Crippen LogP contribution in [0.3, 0.4) is 0 Å². The Morgan fingerprint density at radius 2 is 1.59 bits per heavy atom. The number of carbonyl (C=O) groups is 1. The van der Waals surface area contributed by atoms with Crippen molar-refractivity contribution >= 4 is 5.97 Å². The van der Waals surface area contributed by atoms with E-state index in [0.717, 1.165) is 0 Å². The van der Waals surface area contributed by atoms with Crippen LogP contribution < -0.4 is 9.47 Å². The van der Waals surface area contributed by atoms with Gasteiger partial charge in [0, 0.05) is 5.92 Å². The van der Waals surface area contributed by atoms with E-state index in [9.17, 15) is 4.79 Å². The average Bonchev–Trinajstić information content (AvgIpc) is 2.73. The summed E-state index contributed by atoms with van der Waals surface area (Å²) in [7, 11) is 2.69. The van der Waals surface area contributed by atoms with Gasteiger partial charge in [0.2, 0.25) is 5.75 Å². The lowest BCUT2D eigenvalue weighted by Crippen LogP contribution is -2.08. The number of benzene rings is 2. The lowest BCUT2D eigenvalue weighted by molar-refractivity contribution is 0.0588. The van der Waals surface area contributed by atoms with E-state index in [1.165, 1.54) is 31.7 Å². The number of rotatable bonds is 6. The Bertz CT molecular complexity index is 911. The Balaban J connectivity index is 1.82. The predicted octanol–water partition coefficient (Wildman–Crippen LogP) is 4.22. The fourth-order valence-corrected chi connectivity index (χ4v) is 2.73. The lowest BCUT2D eigenvalue weighted by atomic mass is 9.93. The van der Waals surface area contributed by atoms with Crippen LogP contribution >= 0.6 is 0 Å². The number of carbonyl (C=O) groups excluding carboxylic acids is 1. The third-order valence-electron chi connectivity index (χ3n) is 4.25. The van der Waals surface area contributed by atoms with Gasteiger partial charge in [-0.1, -0.05) is 49.4 Å². The van der Waals surface area contributed by atoms with Crippen LogP contribution in [0.4, 0.5) is 0 Å². The van der Waals surface area contributed by atoms with Gasteiger partial charge >= 0.3 is 5.97 Å². The van der Waals surface area contributed by atoms with Crippen LogP contribution in [-0.4, -0.2) is 30.2 Å². The molecule has 0 amide bonds. The molecule has 0 spiro atoms. The highest BCUT2D eigenvalue weighted by molar-refractivity contribution is 5.90. The molecular weight excluding hydrogens is 344 g/mol. The summed E-state index contributed by atoms with van der Waals surface area (Å²) < 4.78 is 15.7. The second-order valence-electron chi connectivity index (χ2n) is 5.86. The first-order valence-corrected chi connectivity index (χ1v) is 8.44. The summed E-state index contributed by atoms with van der Waals surface area (Å²) in [5.41, 5.74) is 2.42. The molecule has 1 heterocycles. The molecule has 138 valence electrons. The van der Waals surface area contributed by atoms with Crippen molar-refractivity contribution in [1.82, 2.24) is 9.97 Å². The Morgan fingerprint density at radius 3 is 2.22 bits per heavy atom. The molecule has 27 heavy (non-hydrogen) atoms. The molecule has 3 aromatic rings. The van der Waals surface area contributed by atoms with E-state index < -0.39 is 5.97 Å². The summed E-state index contributed by atoms with van der Waals surface area (Å²) in [5, 5.41) is 0. The van der Waals surface area contributed by atoms with Crippen LogP contribution in [-0.2, 0) is 4.74 Å². The molecule has 3 rings (SSSR count). The van der Waals surface area contributed by atoms with Crippen molar-refractivity contribution < 1.29 is 19.0 Å². The van der Waals surface area contributed by atoms with E-state index in [4.69, 9.17) is 14.2 Å². The normalized spacial score (nSPS) is 11.5. The highest BCUT2D eigenvalue weighted by atomic mass is 16.5. The number of ether oxygens (including phenoxy) is 3. The highest BCUT2D eigenvalue weighted by Gasteiger charge is 2.21. The highest BCUT2D eigenvalue weighted by Crippen LogP contribution is 2.32. The average molecular weight is 364 g/mol. The number of methoxy groups -OCH3 is 2. The van der Waals surface area contributed by atoms with Gasteiger partial charge in [-0.3, -0.25) is 0 Å². The minimum absolute atomic E-state index is 0.0133. The maximum absolute atomic E-state index is 11.8. The second-order valence-corrected chi connectivity index (χ2v) is 5.86. The zero-order chi connectivity index (χ0) is 19.2. The van der Waals surface area contributed by atoms with E-state index in [-0.39, 0.29) is 23.2 Å². The number of nitrogens with zero attached hydrogens (tertiary/aromatic N) is 2. The second kappa shape index (κ2) is 8.31. The minimum Gasteiger partial charge on any atom is -0.489 e. The summed E-state index contributed by atoms with van der Waals surface area (Å²) in [4.78, 5) is 19.8. The van der Waals surface area contributed by atoms with Crippen molar-refractivity contribution in [2.24, 2.45) is 0 Å². The molecule has 0 aliphatic rings. The van der Waals surface area contributed by atoms with Gasteiger partial charge in [0.05, 0.1) is 14.2 Å². The zero-order valence-corrected chi connectivity index (χ0v) is 15.4. The Hall–Kier alpha value is -3.41. The maximum atomic E-state index is 11.8. The summed E-state index contributed by atoms with van der Waals surface area (Å²) in [6.45, 7) is 2.15. The smallest absolute Gasteiger partial charge is 0.360 e. The standard InChI is InChI=1S/C21H20N2O4/c1-14(15-7-5-4-6-8-15)16-9-11-17(12-10-16)27-20-19(25-2)18(21(24)26-3)22-13-23-20/h4-14H,1-3H3. The molecule has 0 saturated heterocycles. The van der Waals surface area contributed by atoms with Crippen LogP contribution in [0.5, 0.6) is 17.4 Å². The molecule has 2 aromatic carbocycles. The SMILES string of the molecule is COC(=O)c1ncnc(Oc2ccc(C(C)c3ccccc3)cc2)c1OC. The summed E-state index contributed by atoms with van der Waals surface area (Å²) in [6, 6.07) is 18.0. The first-order chi connectivity index (χ1) is 13.1. The van der Waals surface area contributed by atoms with Gasteiger partial charge < -0.3 is 14.2 Å². The van der Waals surface area contributed by atoms with Crippen molar-refractivity contribution in [1.29, 1.82) is 0 Å². The Morgan fingerprint density at radius 1 is 0.926 bits per heavy atom. The molecule has 0 saturated carbocycles. The number of aromatic nitrogens is 2. The van der Waals surface area contributed by atoms with E-state index >= 15 is 0 Å². The van der Waals surface area contributed by atoms with E-state index in [1.54, 1.807) is 0 Å². The zero-order valence-electron chi connectivity index (χ0n) is 15.4. The molecule has 1 aromatic heterocycles. The van der Waals surface area contributed by atoms with Crippen LogP contribution in [0.2, 0.25) is 0 Å². The number of hydrogen-bond acceptors (Lipinski definition) is 6. The molecule has 0 fully saturated rings. The number of esters is 1. The monoisotopic (exact) mass is 364 g/mol. The molecule has 0 radical (unpaired) electrons. The van der Waals surface area contributed by atoms with Crippen LogP contribution in [0.1, 0.15) is 34.5 Å². The Kier molecular flexibility index (Phi) is 5.66. The largest absolute Gasteiger partial charge is 0.489 e. The van der Waals surface area contributed by atoms with Gasteiger partial charge in [0.25, 0.3) is 5.88 Å². The molecule has 6 nitrogen and oxygen atoms in total. The van der Waals surface area contributed by atoms with Crippen LogP contribution in [0.25, 0.3) is 0 Å². The van der Waals surface area contributed by atoms with Crippen molar-refractivity contribution in [3.63, 3.8) is 0 Å². The van der Waals surface area contributed by atoms with Crippen molar-refractivity contribution in [3.8, 4) is 17.4 Å². The van der Waals surface area contributed by atoms with Crippen molar-refractivity contribution in [3.05, 3.63) is 77.7 Å². The van der Waals surface area contributed by atoms with Crippen molar-refractivity contribution in [2.75, 3.05) is 14.2 Å². The maximum Gasteiger partial charge on any atom is 0.360 e. The van der Waals surface area contributed by atoms with Crippen molar-refractivity contribution in [2.45, 2.75) is 12.8 Å². The molecule has 0 aliphatic heterocycles. The predicted molar refractivity (Wildman–Crippen MR) is 100 cm³/mol. The van der Waals surface area contributed by atoms with Gasteiger partial charge in [-0.15, -0.1) is 0 Å². The van der Waals surface area contributed by atoms with Gasteiger partial charge in [0.15, 0.2) is 5.69 Å². The van der Waals surface area contributed by atoms with E-state index in [0.29, 0.717) is 5.75 Å². The van der Waals surface area contributed by atoms with Gasteiger partial charge in [-0.25, -0.2) is 9.78 Å². The topological polar surface area (TPSA) is 70.5 Å². The van der Waals surface area contributed by atoms with Gasteiger partial charge in [-0.2, -0.15) is 4.98 Å². The van der Waals surface area contributed by atoms with E-state index in [2.05, 4.69) is 29.0 Å².